The van der Waals surface area contributed by atoms with Gasteiger partial charge in [0.25, 0.3) is 0 Å². The lowest BCUT2D eigenvalue weighted by Gasteiger charge is -2.12. The number of fused-ring (bicyclic) bond motifs is 1. The first-order chi connectivity index (χ1) is 9.23. The summed E-state index contributed by atoms with van der Waals surface area (Å²) in [5.74, 6) is -0.726. The van der Waals surface area contributed by atoms with Crippen LogP contribution in [0.15, 0.2) is 23.1 Å². The average molecular weight is 319 g/mol. The Morgan fingerprint density at radius 3 is 2.60 bits per heavy atom. The molecule has 0 atom stereocenters. The van der Waals surface area contributed by atoms with E-state index in [0.717, 1.165) is 12.3 Å². The number of halogens is 2. The topological polar surface area (TPSA) is 68.2 Å². The minimum Gasteiger partial charge on any atom is -0.345 e. The van der Waals surface area contributed by atoms with Gasteiger partial charge in [-0.2, -0.15) is 0 Å². The van der Waals surface area contributed by atoms with Crippen LogP contribution in [0.5, 0.6) is 0 Å². The molecule has 0 unspecified atom stereocenters. The van der Waals surface area contributed by atoms with Gasteiger partial charge in [0.1, 0.15) is 11.5 Å². The van der Waals surface area contributed by atoms with Crippen molar-refractivity contribution in [3.63, 3.8) is 0 Å². The molecule has 0 aliphatic carbocycles. The third-order valence-electron chi connectivity index (χ3n) is 2.76. The van der Waals surface area contributed by atoms with Crippen LogP contribution in [0, 0.1) is 5.82 Å². The van der Waals surface area contributed by atoms with E-state index >= 15 is 0 Å². The summed E-state index contributed by atoms with van der Waals surface area (Å²) < 4.78 is 39.8. The second-order valence-corrected chi connectivity index (χ2v) is 6.47. The third kappa shape index (κ3) is 2.78. The van der Waals surface area contributed by atoms with Gasteiger partial charge in [0.15, 0.2) is 0 Å². The lowest BCUT2D eigenvalue weighted by atomic mass is 10.2. The predicted octanol–water partition coefficient (Wildman–Crippen LogP) is 2.19. The number of hydrogen-bond donors (Lipinski definition) is 1. The summed E-state index contributed by atoms with van der Waals surface area (Å²) >= 11 is 5.71. The largest absolute Gasteiger partial charge is 0.345 e. The number of benzene rings is 1. The number of nitrogens with zero attached hydrogens (tertiary/aromatic N) is 1. The number of anilines is 1. The molecule has 0 fully saturated rings. The third-order valence-corrected chi connectivity index (χ3v) is 3.64. The Hall–Kier alpha value is -1.60. The van der Waals surface area contributed by atoms with Gasteiger partial charge in [0.05, 0.1) is 22.2 Å². The second kappa shape index (κ2) is 5.06. The molecule has 8 heteroatoms. The highest BCUT2D eigenvalue weighted by Gasteiger charge is 2.14. The summed E-state index contributed by atoms with van der Waals surface area (Å²) in [7, 11) is -3.59. The van der Waals surface area contributed by atoms with Gasteiger partial charge in [-0.1, -0.05) is 11.6 Å². The maximum atomic E-state index is 13.5. The molecule has 5 nitrogen and oxygen atoms in total. The SMILES string of the molecule is CCn1cc(NS(C)(=O)=O)c(=O)c2cc(F)c(Cl)cc21. The van der Waals surface area contributed by atoms with Crippen molar-refractivity contribution in [2.45, 2.75) is 13.5 Å². The van der Waals surface area contributed by atoms with Crippen LogP contribution in [0.25, 0.3) is 10.9 Å². The van der Waals surface area contributed by atoms with Crippen LogP contribution in [-0.2, 0) is 16.6 Å². The highest BCUT2D eigenvalue weighted by molar-refractivity contribution is 7.92. The Morgan fingerprint density at radius 1 is 1.40 bits per heavy atom. The summed E-state index contributed by atoms with van der Waals surface area (Å²) in [4.78, 5) is 12.2. The van der Waals surface area contributed by atoms with E-state index in [-0.39, 0.29) is 16.1 Å². The maximum Gasteiger partial charge on any atom is 0.229 e. The molecule has 0 bridgehead atoms. The zero-order valence-corrected chi connectivity index (χ0v) is 12.3. The molecule has 0 radical (unpaired) electrons. The van der Waals surface area contributed by atoms with Gasteiger partial charge in [-0.25, -0.2) is 12.8 Å². The molecule has 0 spiro atoms. The number of nitrogens with one attached hydrogen (secondary N) is 1. The van der Waals surface area contributed by atoms with Gasteiger partial charge < -0.3 is 4.57 Å². The Balaban J connectivity index is 2.85. The minimum atomic E-state index is -3.59. The number of pyridine rings is 1. The molecular formula is C12H12ClFN2O3S. The molecule has 1 heterocycles. The standard InChI is InChI=1S/C12H12ClFN2O3S/c1-3-16-6-10(15-20(2,18)19)12(17)7-4-9(14)8(13)5-11(7)16/h4-6,15H,3H2,1-2H3. The summed E-state index contributed by atoms with van der Waals surface area (Å²) in [6, 6.07) is 2.36. The number of aryl methyl sites for hydroxylation is 1. The lowest BCUT2D eigenvalue weighted by Crippen LogP contribution is -2.19. The summed E-state index contributed by atoms with van der Waals surface area (Å²) in [5.41, 5.74) is -0.266. The van der Waals surface area contributed by atoms with Gasteiger partial charge in [-0.15, -0.1) is 0 Å². The molecular weight excluding hydrogens is 307 g/mol. The Morgan fingerprint density at radius 2 is 2.05 bits per heavy atom. The van der Waals surface area contributed by atoms with Crippen molar-refractivity contribution in [1.82, 2.24) is 4.57 Å². The number of sulfonamides is 1. The number of hydrogen-bond acceptors (Lipinski definition) is 3. The second-order valence-electron chi connectivity index (χ2n) is 4.32. The molecule has 0 saturated carbocycles. The van der Waals surface area contributed by atoms with Crippen LogP contribution in [-0.4, -0.2) is 19.2 Å². The fourth-order valence-electron chi connectivity index (χ4n) is 1.92. The van der Waals surface area contributed by atoms with E-state index in [1.54, 1.807) is 4.57 Å². The van der Waals surface area contributed by atoms with Crippen molar-refractivity contribution in [3.8, 4) is 0 Å². The van der Waals surface area contributed by atoms with Crippen molar-refractivity contribution in [3.05, 3.63) is 39.4 Å². The van der Waals surface area contributed by atoms with Crippen molar-refractivity contribution in [1.29, 1.82) is 0 Å². The van der Waals surface area contributed by atoms with E-state index in [4.69, 9.17) is 11.6 Å². The molecule has 1 aromatic carbocycles. The quantitative estimate of drug-likeness (QED) is 0.943. The monoisotopic (exact) mass is 318 g/mol. The van der Waals surface area contributed by atoms with Crippen molar-refractivity contribution < 1.29 is 12.8 Å². The molecule has 0 aliphatic heterocycles. The lowest BCUT2D eigenvalue weighted by molar-refractivity contribution is 0.606. The first kappa shape index (κ1) is 14.8. The van der Waals surface area contributed by atoms with Gasteiger partial charge in [-0.3, -0.25) is 9.52 Å². The first-order valence-corrected chi connectivity index (χ1v) is 8.00. The van der Waals surface area contributed by atoms with Crippen molar-refractivity contribution >= 4 is 38.2 Å². The van der Waals surface area contributed by atoms with Crippen molar-refractivity contribution in [2.24, 2.45) is 0 Å². The average Bonchev–Trinajstić information content (AvgIpc) is 2.34. The first-order valence-electron chi connectivity index (χ1n) is 5.73. The van der Waals surface area contributed by atoms with Gasteiger partial charge in [-0.05, 0) is 19.1 Å². The maximum absolute atomic E-state index is 13.5. The molecule has 0 amide bonds. The molecule has 1 N–H and O–H groups in total. The van der Waals surface area contributed by atoms with Crippen LogP contribution in [0.2, 0.25) is 5.02 Å². The van der Waals surface area contributed by atoms with Gasteiger partial charge in [0.2, 0.25) is 15.5 Å². The number of aromatic nitrogens is 1. The Labute approximate surface area is 120 Å². The molecule has 2 rings (SSSR count). The van der Waals surface area contributed by atoms with E-state index in [0.29, 0.717) is 12.1 Å². The van der Waals surface area contributed by atoms with Crippen molar-refractivity contribution in [2.75, 3.05) is 11.0 Å². The summed E-state index contributed by atoms with van der Waals surface area (Å²) in [5, 5.41) is -0.0228. The van der Waals surface area contributed by atoms with Crippen LogP contribution >= 0.6 is 11.6 Å². The highest BCUT2D eigenvalue weighted by atomic mass is 35.5. The van der Waals surface area contributed by atoms with E-state index in [9.17, 15) is 17.6 Å². The predicted molar refractivity (Wildman–Crippen MR) is 77.3 cm³/mol. The summed E-state index contributed by atoms with van der Waals surface area (Å²) in [6.07, 6.45) is 2.31. The number of rotatable bonds is 3. The van der Waals surface area contributed by atoms with E-state index < -0.39 is 21.3 Å². The van der Waals surface area contributed by atoms with E-state index in [1.165, 1.54) is 12.3 Å². The highest BCUT2D eigenvalue weighted by Crippen LogP contribution is 2.22. The fourth-order valence-corrected chi connectivity index (χ4v) is 2.62. The zero-order valence-electron chi connectivity index (χ0n) is 10.8. The van der Waals surface area contributed by atoms with E-state index in [1.807, 2.05) is 6.92 Å². The zero-order chi connectivity index (χ0) is 15.1. The van der Waals surface area contributed by atoms with Gasteiger partial charge in [0, 0.05) is 12.7 Å². The fraction of sp³-hybridized carbons (Fsp3) is 0.250. The van der Waals surface area contributed by atoms with Crippen LogP contribution in [0.1, 0.15) is 6.92 Å². The van der Waals surface area contributed by atoms with Crippen LogP contribution in [0.3, 0.4) is 0 Å². The smallest absolute Gasteiger partial charge is 0.229 e. The Kier molecular flexibility index (Phi) is 3.75. The molecule has 1 aromatic heterocycles. The Bertz CT molecular complexity index is 846. The molecule has 20 heavy (non-hydrogen) atoms. The molecule has 2 aromatic rings. The molecule has 0 saturated heterocycles. The normalized spacial score (nSPS) is 11.8. The van der Waals surface area contributed by atoms with Crippen LogP contribution in [0.4, 0.5) is 10.1 Å². The molecule has 108 valence electrons. The summed E-state index contributed by atoms with van der Waals surface area (Å²) in [6.45, 7) is 2.28. The van der Waals surface area contributed by atoms with Crippen LogP contribution < -0.4 is 10.2 Å². The molecule has 0 aliphatic rings. The minimum absolute atomic E-state index is 0.0717. The van der Waals surface area contributed by atoms with E-state index in [2.05, 4.69) is 4.72 Å². The van der Waals surface area contributed by atoms with Gasteiger partial charge >= 0.3 is 0 Å².